The summed E-state index contributed by atoms with van der Waals surface area (Å²) < 4.78 is 38.9. The molecule has 1 aliphatic rings. The third-order valence-electron chi connectivity index (χ3n) is 6.41. The number of ether oxygens (including phenoxy) is 2. The van der Waals surface area contributed by atoms with E-state index >= 15 is 4.39 Å². The summed E-state index contributed by atoms with van der Waals surface area (Å²) in [6, 6.07) is 11.5. The summed E-state index contributed by atoms with van der Waals surface area (Å²) in [4.78, 5) is 14.3. The van der Waals surface area contributed by atoms with Gasteiger partial charge in [-0.15, -0.1) is 0 Å². The second kappa shape index (κ2) is 14.4. The van der Waals surface area contributed by atoms with Crippen LogP contribution in [0.4, 0.5) is 4.39 Å². The highest BCUT2D eigenvalue weighted by molar-refractivity contribution is 8.03. The number of hydrogen-bond acceptors (Lipinski definition) is 7. The number of unbranched alkanes of at least 4 members (excludes halogenated alkanes) is 1. The normalized spacial score (nSPS) is 16.6. The van der Waals surface area contributed by atoms with Gasteiger partial charge in [0.15, 0.2) is 0 Å². The van der Waals surface area contributed by atoms with Gasteiger partial charge in [-0.1, -0.05) is 63.2 Å². The highest BCUT2D eigenvalue weighted by atomic mass is 32.2. The summed E-state index contributed by atoms with van der Waals surface area (Å²) in [5.41, 5.74) is 1.32. The average Bonchev–Trinajstić information content (AvgIpc) is 2.90. The van der Waals surface area contributed by atoms with Gasteiger partial charge in [0.25, 0.3) is 0 Å². The summed E-state index contributed by atoms with van der Waals surface area (Å²) in [6.45, 7) is 9.96. The number of carbonyl (C=O) groups is 1. The zero-order chi connectivity index (χ0) is 28.5. The standard InChI is InChI=1S/C30H36FNO5S2/c1-6-7-11-19(2)30(34)37-17-16-36-21(4)27-20(3)32-18-25(29(27)28-22(31)12-10-13-23(28)33)38-24-14-8-9-15-26(24)39(5)35/h8-10,12-15,18-19,29,32-33H,4,6-7,11,16-17H2,1-3,5H3. The van der Waals surface area contributed by atoms with Crippen LogP contribution in [0.1, 0.15) is 51.5 Å². The summed E-state index contributed by atoms with van der Waals surface area (Å²) in [5.74, 6) is -1.71. The Labute approximate surface area is 236 Å². The van der Waals surface area contributed by atoms with Gasteiger partial charge in [-0.2, -0.15) is 0 Å². The van der Waals surface area contributed by atoms with Crippen LogP contribution in [0.2, 0.25) is 0 Å². The van der Waals surface area contributed by atoms with Crippen LogP contribution in [-0.2, 0) is 25.1 Å². The van der Waals surface area contributed by atoms with Crippen molar-refractivity contribution in [2.24, 2.45) is 5.92 Å². The summed E-state index contributed by atoms with van der Waals surface area (Å²) in [5, 5.41) is 14.0. The van der Waals surface area contributed by atoms with Crippen molar-refractivity contribution in [1.82, 2.24) is 5.32 Å². The first kappa shape index (κ1) is 30.5. The fourth-order valence-electron chi connectivity index (χ4n) is 4.31. The maximum atomic E-state index is 15.3. The number of thioether (sulfide) groups is 1. The Morgan fingerprint density at radius 2 is 1.92 bits per heavy atom. The van der Waals surface area contributed by atoms with E-state index in [1.807, 2.05) is 32.0 Å². The third kappa shape index (κ3) is 7.76. The fraction of sp³-hybridized carbons (Fsp3) is 0.367. The predicted molar refractivity (Wildman–Crippen MR) is 154 cm³/mol. The van der Waals surface area contributed by atoms with Crippen LogP contribution in [0.3, 0.4) is 0 Å². The van der Waals surface area contributed by atoms with Crippen LogP contribution in [0.25, 0.3) is 0 Å². The third-order valence-corrected chi connectivity index (χ3v) is 8.68. The van der Waals surface area contributed by atoms with Gasteiger partial charge in [0.2, 0.25) is 0 Å². The number of rotatable bonds is 13. The van der Waals surface area contributed by atoms with Crippen LogP contribution >= 0.6 is 11.8 Å². The molecule has 0 saturated carbocycles. The number of benzene rings is 2. The molecule has 2 aromatic rings. The first-order chi connectivity index (χ1) is 18.6. The van der Waals surface area contributed by atoms with Gasteiger partial charge in [0, 0.05) is 39.1 Å². The van der Waals surface area contributed by atoms with E-state index in [2.05, 4.69) is 18.8 Å². The Bertz CT molecular complexity index is 1270. The van der Waals surface area contributed by atoms with Crippen molar-refractivity contribution >= 4 is 28.5 Å². The lowest BCUT2D eigenvalue weighted by Crippen LogP contribution is -2.23. The number of carbonyl (C=O) groups excluding carboxylic acids is 1. The van der Waals surface area contributed by atoms with E-state index in [1.165, 1.54) is 30.0 Å². The number of aromatic hydroxyl groups is 1. The minimum Gasteiger partial charge on any atom is -0.508 e. The highest BCUT2D eigenvalue weighted by Crippen LogP contribution is 2.49. The van der Waals surface area contributed by atoms with Crippen molar-refractivity contribution in [3.63, 3.8) is 0 Å². The quantitative estimate of drug-likeness (QED) is 0.156. The molecule has 210 valence electrons. The Balaban J connectivity index is 1.86. The van der Waals surface area contributed by atoms with Crippen molar-refractivity contribution in [3.8, 4) is 5.75 Å². The van der Waals surface area contributed by atoms with Crippen LogP contribution in [-0.4, -0.2) is 34.8 Å². The number of allylic oxidation sites excluding steroid dienone is 3. The fourth-order valence-corrected chi connectivity index (χ4v) is 6.45. The molecule has 3 atom stereocenters. The molecule has 39 heavy (non-hydrogen) atoms. The minimum atomic E-state index is -1.24. The molecule has 6 nitrogen and oxygen atoms in total. The molecule has 0 fully saturated rings. The van der Waals surface area contributed by atoms with E-state index < -0.39 is 22.5 Å². The summed E-state index contributed by atoms with van der Waals surface area (Å²) >= 11 is 1.33. The average molecular weight is 574 g/mol. The zero-order valence-corrected chi connectivity index (χ0v) is 24.4. The van der Waals surface area contributed by atoms with Gasteiger partial charge in [0.05, 0.1) is 27.5 Å². The first-order valence-electron chi connectivity index (χ1n) is 12.9. The topological polar surface area (TPSA) is 84.9 Å². The first-order valence-corrected chi connectivity index (χ1v) is 15.3. The Hall–Kier alpha value is -3.04. The Morgan fingerprint density at radius 3 is 2.62 bits per heavy atom. The van der Waals surface area contributed by atoms with Gasteiger partial charge in [-0.05, 0) is 37.6 Å². The second-order valence-electron chi connectivity index (χ2n) is 9.32. The van der Waals surface area contributed by atoms with Crippen molar-refractivity contribution in [2.75, 3.05) is 19.5 Å². The van der Waals surface area contributed by atoms with Crippen molar-refractivity contribution < 1.29 is 28.0 Å². The van der Waals surface area contributed by atoms with E-state index in [9.17, 15) is 14.1 Å². The van der Waals surface area contributed by atoms with Crippen molar-refractivity contribution in [3.05, 3.63) is 88.6 Å². The summed E-state index contributed by atoms with van der Waals surface area (Å²) in [7, 11) is -1.24. The van der Waals surface area contributed by atoms with Gasteiger partial charge < -0.3 is 19.9 Å². The largest absolute Gasteiger partial charge is 0.508 e. The molecule has 2 N–H and O–H groups in total. The van der Waals surface area contributed by atoms with E-state index in [4.69, 9.17) is 9.47 Å². The van der Waals surface area contributed by atoms with Crippen LogP contribution in [0.15, 0.2) is 87.0 Å². The molecule has 3 unspecified atom stereocenters. The molecule has 0 spiro atoms. The van der Waals surface area contributed by atoms with Crippen LogP contribution in [0, 0.1) is 11.7 Å². The number of dihydropyridines is 1. The minimum absolute atomic E-state index is 0.0524. The molecular weight excluding hydrogens is 537 g/mol. The molecular formula is C30H36FNO5S2. The molecule has 0 radical (unpaired) electrons. The lowest BCUT2D eigenvalue weighted by molar-refractivity contribution is -0.149. The molecule has 3 rings (SSSR count). The maximum absolute atomic E-state index is 15.3. The molecule has 0 amide bonds. The number of halogens is 1. The van der Waals surface area contributed by atoms with Crippen molar-refractivity contribution in [2.45, 2.75) is 55.7 Å². The van der Waals surface area contributed by atoms with Gasteiger partial charge >= 0.3 is 5.97 Å². The lowest BCUT2D eigenvalue weighted by atomic mass is 9.86. The molecule has 2 aromatic carbocycles. The number of nitrogens with one attached hydrogen (secondary N) is 1. The smallest absolute Gasteiger partial charge is 0.308 e. The molecule has 1 aliphatic heterocycles. The van der Waals surface area contributed by atoms with Crippen LogP contribution < -0.4 is 5.32 Å². The molecule has 9 heteroatoms. The molecule has 0 saturated heterocycles. The Kier molecular flexibility index (Phi) is 11.2. The lowest BCUT2D eigenvalue weighted by Gasteiger charge is -2.31. The number of esters is 1. The zero-order valence-electron chi connectivity index (χ0n) is 22.8. The van der Waals surface area contributed by atoms with Gasteiger partial charge in [-0.3, -0.25) is 9.00 Å². The predicted octanol–water partition coefficient (Wildman–Crippen LogP) is 6.76. The van der Waals surface area contributed by atoms with E-state index in [-0.39, 0.29) is 42.2 Å². The maximum Gasteiger partial charge on any atom is 0.308 e. The van der Waals surface area contributed by atoms with Gasteiger partial charge in [0.1, 0.15) is 30.5 Å². The molecule has 1 heterocycles. The summed E-state index contributed by atoms with van der Waals surface area (Å²) in [6.07, 6.45) is 6.10. The van der Waals surface area contributed by atoms with Crippen molar-refractivity contribution in [1.29, 1.82) is 0 Å². The van der Waals surface area contributed by atoms with Gasteiger partial charge in [-0.25, -0.2) is 4.39 Å². The SMILES string of the molecule is C=C(OCCOC(=O)C(C)CCCC)C1=C(C)NC=C(Sc2ccccc2S(C)=O)C1c1c(O)cccc1F. The highest BCUT2D eigenvalue weighted by Gasteiger charge is 2.34. The Morgan fingerprint density at radius 1 is 1.21 bits per heavy atom. The van der Waals surface area contributed by atoms with E-state index in [0.29, 0.717) is 21.1 Å². The molecule has 0 aromatic heterocycles. The molecule has 0 aliphatic carbocycles. The number of phenolic OH excluding ortho intramolecular Hbond substituents is 1. The number of hydrogen-bond donors (Lipinski definition) is 2. The van der Waals surface area contributed by atoms with E-state index in [0.717, 1.165) is 24.2 Å². The monoisotopic (exact) mass is 573 g/mol. The van der Waals surface area contributed by atoms with Crippen LogP contribution in [0.5, 0.6) is 5.75 Å². The van der Waals surface area contributed by atoms with E-state index in [1.54, 1.807) is 18.5 Å². The second-order valence-corrected chi connectivity index (χ2v) is 11.8. The molecule has 0 bridgehead atoms. The number of phenols is 1.